The molecule has 0 saturated carbocycles. The summed E-state index contributed by atoms with van der Waals surface area (Å²) in [6, 6.07) is 5.28. The van der Waals surface area contributed by atoms with Crippen LogP contribution in [0.25, 0.3) is 11.4 Å². The molecule has 110 valence electrons. The lowest BCUT2D eigenvalue weighted by Crippen LogP contribution is -2.16. The number of H-pyrrole nitrogens is 1. The molecule has 0 aliphatic carbocycles. The highest BCUT2D eigenvalue weighted by molar-refractivity contribution is 5.61. The van der Waals surface area contributed by atoms with Gasteiger partial charge in [0.15, 0.2) is 11.5 Å². The number of aromatic nitrogens is 2. The Bertz CT molecular complexity index is 724. The predicted molar refractivity (Wildman–Crippen MR) is 76.9 cm³/mol. The third kappa shape index (κ3) is 2.56. The average molecular weight is 288 g/mol. The van der Waals surface area contributed by atoms with Crippen LogP contribution in [0.2, 0.25) is 0 Å². The van der Waals surface area contributed by atoms with Crippen LogP contribution >= 0.6 is 0 Å². The first-order valence-electron chi connectivity index (χ1n) is 6.91. The molecule has 1 aromatic carbocycles. The number of rotatable bonds is 3. The van der Waals surface area contributed by atoms with Crippen LogP contribution in [-0.2, 0) is 6.42 Å². The third-order valence-electron chi connectivity index (χ3n) is 3.31. The SMILES string of the molecule is CCCc1c(O)nc(-c2ccc3c(c2)OCCO3)[nH]c1=O. The molecule has 0 radical (unpaired) electrons. The van der Waals surface area contributed by atoms with Crippen molar-refractivity contribution in [3.8, 4) is 28.8 Å². The number of aromatic amines is 1. The van der Waals surface area contributed by atoms with Gasteiger partial charge in [0, 0.05) is 5.56 Å². The number of aromatic hydroxyl groups is 1. The van der Waals surface area contributed by atoms with Gasteiger partial charge >= 0.3 is 0 Å². The van der Waals surface area contributed by atoms with Crippen molar-refractivity contribution in [2.45, 2.75) is 19.8 Å². The van der Waals surface area contributed by atoms with Crippen LogP contribution in [0.4, 0.5) is 0 Å². The summed E-state index contributed by atoms with van der Waals surface area (Å²) in [5.41, 5.74) is 0.669. The summed E-state index contributed by atoms with van der Waals surface area (Å²) in [4.78, 5) is 18.8. The van der Waals surface area contributed by atoms with Gasteiger partial charge in [0.2, 0.25) is 5.88 Å². The zero-order valence-electron chi connectivity index (χ0n) is 11.7. The minimum atomic E-state index is -0.311. The number of hydrogen-bond donors (Lipinski definition) is 2. The molecule has 0 unspecified atom stereocenters. The quantitative estimate of drug-likeness (QED) is 0.900. The summed E-state index contributed by atoms with van der Waals surface area (Å²) in [6.45, 7) is 2.95. The lowest BCUT2D eigenvalue weighted by Gasteiger charge is -2.18. The monoisotopic (exact) mass is 288 g/mol. The van der Waals surface area contributed by atoms with Crippen molar-refractivity contribution in [3.05, 3.63) is 34.1 Å². The van der Waals surface area contributed by atoms with Crippen LogP contribution < -0.4 is 15.0 Å². The Labute approximate surface area is 121 Å². The molecule has 2 aromatic rings. The van der Waals surface area contributed by atoms with Crippen LogP contribution in [0.3, 0.4) is 0 Å². The van der Waals surface area contributed by atoms with Crippen molar-refractivity contribution < 1.29 is 14.6 Å². The molecule has 6 heteroatoms. The van der Waals surface area contributed by atoms with Gasteiger partial charge < -0.3 is 19.6 Å². The van der Waals surface area contributed by atoms with E-state index in [2.05, 4.69) is 9.97 Å². The van der Waals surface area contributed by atoms with Gasteiger partial charge in [0.25, 0.3) is 5.56 Å². The summed E-state index contributed by atoms with van der Waals surface area (Å²) in [6.07, 6.45) is 1.26. The highest BCUT2D eigenvalue weighted by atomic mass is 16.6. The van der Waals surface area contributed by atoms with E-state index in [-0.39, 0.29) is 11.4 Å². The van der Waals surface area contributed by atoms with E-state index >= 15 is 0 Å². The highest BCUT2D eigenvalue weighted by Gasteiger charge is 2.15. The van der Waals surface area contributed by atoms with Crippen molar-refractivity contribution in [3.63, 3.8) is 0 Å². The van der Waals surface area contributed by atoms with Gasteiger partial charge in [0.05, 0.1) is 5.56 Å². The molecule has 0 amide bonds. The van der Waals surface area contributed by atoms with E-state index in [1.807, 2.05) is 6.92 Å². The van der Waals surface area contributed by atoms with Gasteiger partial charge in [-0.1, -0.05) is 13.3 Å². The molecule has 1 aliphatic heterocycles. The second kappa shape index (κ2) is 5.47. The first kappa shape index (κ1) is 13.5. The first-order chi connectivity index (χ1) is 10.2. The van der Waals surface area contributed by atoms with Crippen molar-refractivity contribution >= 4 is 0 Å². The summed E-state index contributed by atoms with van der Waals surface area (Å²) in [5, 5.41) is 9.92. The van der Waals surface area contributed by atoms with Gasteiger partial charge in [-0.05, 0) is 24.6 Å². The number of nitrogens with zero attached hydrogens (tertiary/aromatic N) is 1. The molecule has 3 rings (SSSR count). The van der Waals surface area contributed by atoms with Crippen LogP contribution in [0.5, 0.6) is 17.4 Å². The highest BCUT2D eigenvalue weighted by Crippen LogP contribution is 2.33. The maximum absolute atomic E-state index is 12.0. The first-order valence-corrected chi connectivity index (χ1v) is 6.91. The van der Waals surface area contributed by atoms with E-state index in [0.29, 0.717) is 48.1 Å². The number of benzene rings is 1. The van der Waals surface area contributed by atoms with Crippen LogP contribution in [0, 0.1) is 0 Å². The van der Waals surface area contributed by atoms with E-state index in [0.717, 1.165) is 6.42 Å². The summed E-state index contributed by atoms with van der Waals surface area (Å²) in [7, 11) is 0. The molecule has 2 N–H and O–H groups in total. The molecule has 1 aromatic heterocycles. The molecule has 0 spiro atoms. The lowest BCUT2D eigenvalue weighted by molar-refractivity contribution is 0.171. The minimum Gasteiger partial charge on any atom is -0.493 e. The summed E-state index contributed by atoms with van der Waals surface area (Å²) >= 11 is 0. The second-order valence-corrected chi connectivity index (χ2v) is 4.83. The fourth-order valence-corrected chi connectivity index (χ4v) is 2.29. The van der Waals surface area contributed by atoms with E-state index in [1.54, 1.807) is 18.2 Å². The summed E-state index contributed by atoms with van der Waals surface area (Å²) in [5.74, 6) is 1.37. The number of nitrogens with one attached hydrogen (secondary N) is 1. The maximum Gasteiger partial charge on any atom is 0.258 e. The predicted octanol–water partition coefficient (Wildman–Crippen LogP) is 1.87. The molecule has 6 nitrogen and oxygen atoms in total. The smallest absolute Gasteiger partial charge is 0.258 e. The molecule has 0 saturated heterocycles. The zero-order valence-corrected chi connectivity index (χ0v) is 11.7. The Hall–Kier alpha value is -2.50. The van der Waals surface area contributed by atoms with Crippen LogP contribution in [0.15, 0.2) is 23.0 Å². The fourth-order valence-electron chi connectivity index (χ4n) is 2.29. The molecule has 0 fully saturated rings. The largest absolute Gasteiger partial charge is 0.493 e. The van der Waals surface area contributed by atoms with Crippen LogP contribution in [0.1, 0.15) is 18.9 Å². The van der Waals surface area contributed by atoms with Crippen LogP contribution in [-0.4, -0.2) is 28.3 Å². The zero-order chi connectivity index (χ0) is 14.8. The molecule has 2 heterocycles. The molecular weight excluding hydrogens is 272 g/mol. The number of hydrogen-bond acceptors (Lipinski definition) is 5. The minimum absolute atomic E-state index is 0.217. The second-order valence-electron chi connectivity index (χ2n) is 4.83. The molecule has 21 heavy (non-hydrogen) atoms. The van der Waals surface area contributed by atoms with Crippen molar-refractivity contribution in [2.24, 2.45) is 0 Å². The Balaban J connectivity index is 2.03. The van der Waals surface area contributed by atoms with E-state index in [4.69, 9.17) is 9.47 Å². The van der Waals surface area contributed by atoms with E-state index in [9.17, 15) is 9.90 Å². The van der Waals surface area contributed by atoms with Gasteiger partial charge in [-0.15, -0.1) is 0 Å². The maximum atomic E-state index is 12.0. The lowest BCUT2D eigenvalue weighted by atomic mass is 10.1. The average Bonchev–Trinajstić information content (AvgIpc) is 2.50. The molecule has 1 aliphatic rings. The van der Waals surface area contributed by atoms with E-state index in [1.165, 1.54) is 0 Å². The van der Waals surface area contributed by atoms with Gasteiger partial charge in [-0.3, -0.25) is 4.79 Å². The number of fused-ring (bicyclic) bond motifs is 1. The Morgan fingerprint density at radius 1 is 1.29 bits per heavy atom. The molecule has 0 bridgehead atoms. The Kier molecular flexibility index (Phi) is 3.51. The summed E-state index contributed by atoms with van der Waals surface area (Å²) < 4.78 is 10.9. The van der Waals surface area contributed by atoms with Crippen molar-refractivity contribution in [1.82, 2.24) is 9.97 Å². The fraction of sp³-hybridized carbons (Fsp3) is 0.333. The van der Waals surface area contributed by atoms with Crippen molar-refractivity contribution in [1.29, 1.82) is 0 Å². The third-order valence-corrected chi connectivity index (χ3v) is 3.31. The van der Waals surface area contributed by atoms with Crippen molar-refractivity contribution in [2.75, 3.05) is 13.2 Å². The molecular formula is C15H16N2O4. The number of ether oxygens (including phenoxy) is 2. The van der Waals surface area contributed by atoms with Gasteiger partial charge in [-0.25, -0.2) is 0 Å². The Morgan fingerprint density at radius 3 is 2.76 bits per heavy atom. The van der Waals surface area contributed by atoms with Gasteiger partial charge in [-0.2, -0.15) is 4.98 Å². The topological polar surface area (TPSA) is 84.4 Å². The van der Waals surface area contributed by atoms with Gasteiger partial charge in [0.1, 0.15) is 19.0 Å². The van der Waals surface area contributed by atoms with E-state index < -0.39 is 0 Å². The molecule has 0 atom stereocenters. The standard InChI is InChI=1S/C15H16N2O4/c1-2-3-10-14(18)16-13(17-15(10)19)9-4-5-11-12(8-9)21-7-6-20-11/h4-5,8H,2-3,6-7H2,1H3,(H2,16,17,18,19). The Morgan fingerprint density at radius 2 is 2.05 bits per heavy atom. The normalized spacial score (nSPS) is 13.2.